The highest BCUT2D eigenvalue weighted by atomic mass is 16.5. The van der Waals surface area contributed by atoms with Crippen molar-refractivity contribution >= 4 is 5.91 Å². The summed E-state index contributed by atoms with van der Waals surface area (Å²) in [5.41, 5.74) is 5.87. The Kier molecular flexibility index (Phi) is 4.97. The van der Waals surface area contributed by atoms with Gasteiger partial charge in [-0.25, -0.2) is 0 Å². The van der Waals surface area contributed by atoms with Gasteiger partial charge in [0, 0.05) is 46.4 Å². The Morgan fingerprint density at radius 3 is 2.56 bits per heavy atom. The topological polar surface area (TPSA) is 58.8 Å². The highest BCUT2D eigenvalue weighted by molar-refractivity contribution is 5.81. The first-order chi connectivity index (χ1) is 8.70. The Morgan fingerprint density at radius 1 is 1.33 bits per heavy atom. The molecule has 2 aliphatic rings. The maximum atomic E-state index is 12.1. The van der Waals surface area contributed by atoms with Gasteiger partial charge in [-0.1, -0.05) is 0 Å². The quantitative estimate of drug-likeness (QED) is 0.720. The molecule has 1 atom stereocenters. The average molecular weight is 255 g/mol. The first-order valence-corrected chi connectivity index (χ1v) is 6.96. The molecule has 0 aromatic heterocycles. The smallest absolute Gasteiger partial charge is 0.239 e. The summed E-state index contributed by atoms with van der Waals surface area (Å²) in [7, 11) is 1.63. The molecule has 1 heterocycles. The minimum absolute atomic E-state index is 0.0816. The van der Waals surface area contributed by atoms with E-state index in [1.165, 1.54) is 19.4 Å². The molecule has 0 aromatic carbocycles. The van der Waals surface area contributed by atoms with Crippen LogP contribution in [0.3, 0.4) is 0 Å². The van der Waals surface area contributed by atoms with Gasteiger partial charge < -0.3 is 15.4 Å². The third-order valence-corrected chi connectivity index (χ3v) is 3.85. The molecule has 2 fully saturated rings. The molecule has 2 N–H and O–H groups in total. The Labute approximate surface area is 109 Å². The second kappa shape index (κ2) is 6.50. The number of methoxy groups -OCH3 is 1. The molecule has 1 saturated heterocycles. The molecule has 1 aliphatic carbocycles. The first-order valence-electron chi connectivity index (χ1n) is 6.96. The van der Waals surface area contributed by atoms with Gasteiger partial charge >= 0.3 is 0 Å². The van der Waals surface area contributed by atoms with Gasteiger partial charge in [0.15, 0.2) is 0 Å². The minimum atomic E-state index is -0.403. The monoisotopic (exact) mass is 255 g/mol. The van der Waals surface area contributed by atoms with Crippen LogP contribution in [-0.4, -0.2) is 68.2 Å². The number of hydrogen-bond acceptors (Lipinski definition) is 4. The third-order valence-electron chi connectivity index (χ3n) is 3.85. The highest BCUT2D eigenvalue weighted by Crippen LogP contribution is 2.29. The average Bonchev–Trinajstić information content (AvgIpc) is 3.20. The normalized spacial score (nSPS) is 23.1. The SMILES string of the molecule is COCCC(N)C(=O)N1CCN(CC2CC2)CC1. The molecule has 1 aliphatic heterocycles. The van der Waals surface area contributed by atoms with Gasteiger partial charge in [-0.05, 0) is 25.2 Å². The van der Waals surface area contributed by atoms with E-state index in [-0.39, 0.29) is 5.91 Å². The van der Waals surface area contributed by atoms with Crippen LogP contribution in [0.4, 0.5) is 0 Å². The van der Waals surface area contributed by atoms with Gasteiger partial charge in [0.2, 0.25) is 5.91 Å². The molecule has 0 aromatic rings. The summed E-state index contributed by atoms with van der Waals surface area (Å²) >= 11 is 0. The second-order valence-electron chi connectivity index (χ2n) is 5.46. The number of hydrogen-bond donors (Lipinski definition) is 1. The lowest BCUT2D eigenvalue weighted by Gasteiger charge is -2.35. The van der Waals surface area contributed by atoms with E-state index in [0.29, 0.717) is 13.0 Å². The fourth-order valence-corrected chi connectivity index (χ4v) is 2.42. The van der Waals surface area contributed by atoms with E-state index in [0.717, 1.165) is 32.1 Å². The van der Waals surface area contributed by atoms with E-state index in [2.05, 4.69) is 4.90 Å². The van der Waals surface area contributed by atoms with Crippen LogP contribution in [0.5, 0.6) is 0 Å². The summed E-state index contributed by atoms with van der Waals surface area (Å²) in [6, 6.07) is -0.403. The fourth-order valence-electron chi connectivity index (χ4n) is 2.42. The van der Waals surface area contributed by atoms with E-state index in [1.807, 2.05) is 4.90 Å². The number of rotatable bonds is 6. The molecule has 1 saturated carbocycles. The van der Waals surface area contributed by atoms with Crippen molar-refractivity contribution in [3.8, 4) is 0 Å². The first kappa shape index (κ1) is 13.8. The van der Waals surface area contributed by atoms with Crippen LogP contribution in [0.15, 0.2) is 0 Å². The number of nitrogens with two attached hydrogens (primary N) is 1. The van der Waals surface area contributed by atoms with Gasteiger partial charge in [-0.2, -0.15) is 0 Å². The van der Waals surface area contributed by atoms with Gasteiger partial charge in [-0.3, -0.25) is 9.69 Å². The lowest BCUT2D eigenvalue weighted by atomic mass is 10.2. The molecule has 5 nitrogen and oxygen atoms in total. The lowest BCUT2D eigenvalue weighted by molar-refractivity contribution is -0.134. The van der Waals surface area contributed by atoms with Crippen LogP contribution in [0.1, 0.15) is 19.3 Å². The molecule has 18 heavy (non-hydrogen) atoms. The number of amides is 1. The van der Waals surface area contributed by atoms with Gasteiger partial charge in [0.05, 0.1) is 6.04 Å². The molecule has 1 amide bonds. The third kappa shape index (κ3) is 3.93. The van der Waals surface area contributed by atoms with Gasteiger partial charge in [-0.15, -0.1) is 0 Å². The Bertz CT molecular complexity index is 273. The predicted octanol–water partition coefficient (Wildman–Crippen LogP) is -0.0956. The van der Waals surface area contributed by atoms with Crippen molar-refractivity contribution in [3.63, 3.8) is 0 Å². The second-order valence-corrected chi connectivity index (χ2v) is 5.46. The maximum Gasteiger partial charge on any atom is 0.239 e. The minimum Gasteiger partial charge on any atom is -0.385 e. The molecule has 104 valence electrons. The molecule has 0 bridgehead atoms. The summed E-state index contributed by atoms with van der Waals surface area (Å²) < 4.78 is 4.96. The standard InChI is InChI=1S/C13H25N3O2/c1-18-9-4-12(14)13(17)16-7-5-15(6-8-16)10-11-2-3-11/h11-12H,2-10,14H2,1H3. The number of carbonyl (C=O) groups excluding carboxylic acids is 1. The van der Waals surface area contributed by atoms with E-state index in [1.54, 1.807) is 7.11 Å². The summed E-state index contributed by atoms with van der Waals surface area (Å²) in [5.74, 6) is 1.01. The fraction of sp³-hybridized carbons (Fsp3) is 0.923. The maximum absolute atomic E-state index is 12.1. The van der Waals surface area contributed by atoms with Crippen LogP contribution in [0, 0.1) is 5.92 Å². The zero-order valence-electron chi connectivity index (χ0n) is 11.3. The van der Waals surface area contributed by atoms with Crippen LogP contribution in [0.25, 0.3) is 0 Å². The molecule has 0 radical (unpaired) electrons. The number of ether oxygens (including phenoxy) is 1. The van der Waals surface area contributed by atoms with Gasteiger partial charge in [0.1, 0.15) is 0 Å². The van der Waals surface area contributed by atoms with Crippen molar-refractivity contribution < 1.29 is 9.53 Å². The van der Waals surface area contributed by atoms with Crippen molar-refractivity contribution in [2.24, 2.45) is 11.7 Å². The van der Waals surface area contributed by atoms with Crippen LogP contribution < -0.4 is 5.73 Å². The van der Waals surface area contributed by atoms with Crippen LogP contribution in [-0.2, 0) is 9.53 Å². The summed E-state index contributed by atoms with van der Waals surface area (Å²) in [6.07, 6.45) is 3.39. The van der Waals surface area contributed by atoms with Crippen LogP contribution in [0.2, 0.25) is 0 Å². The largest absolute Gasteiger partial charge is 0.385 e. The van der Waals surface area contributed by atoms with Crippen molar-refractivity contribution in [3.05, 3.63) is 0 Å². The van der Waals surface area contributed by atoms with E-state index < -0.39 is 6.04 Å². The van der Waals surface area contributed by atoms with Crippen molar-refractivity contribution in [1.82, 2.24) is 9.80 Å². The molecular weight excluding hydrogens is 230 g/mol. The summed E-state index contributed by atoms with van der Waals surface area (Å²) in [4.78, 5) is 16.5. The molecule has 0 spiro atoms. The number of piperazine rings is 1. The Morgan fingerprint density at radius 2 is 2.00 bits per heavy atom. The Hall–Kier alpha value is -0.650. The molecule has 1 unspecified atom stereocenters. The number of nitrogens with zero attached hydrogens (tertiary/aromatic N) is 2. The lowest BCUT2D eigenvalue weighted by Crippen LogP contribution is -2.53. The van der Waals surface area contributed by atoms with Crippen molar-refractivity contribution in [1.29, 1.82) is 0 Å². The molecule has 2 rings (SSSR count). The highest BCUT2D eigenvalue weighted by Gasteiger charge is 2.28. The van der Waals surface area contributed by atoms with E-state index >= 15 is 0 Å². The zero-order chi connectivity index (χ0) is 13.0. The van der Waals surface area contributed by atoms with Crippen molar-refractivity contribution in [2.75, 3.05) is 46.4 Å². The summed E-state index contributed by atoms with van der Waals surface area (Å²) in [5, 5.41) is 0. The van der Waals surface area contributed by atoms with E-state index in [4.69, 9.17) is 10.5 Å². The predicted molar refractivity (Wildman–Crippen MR) is 70.2 cm³/mol. The Balaban J connectivity index is 1.68. The van der Waals surface area contributed by atoms with Gasteiger partial charge in [0.25, 0.3) is 0 Å². The summed E-state index contributed by atoms with van der Waals surface area (Å²) in [6.45, 7) is 5.42. The van der Waals surface area contributed by atoms with E-state index in [9.17, 15) is 4.79 Å². The van der Waals surface area contributed by atoms with Crippen LogP contribution >= 0.6 is 0 Å². The number of carbonyl (C=O) groups is 1. The molecule has 5 heteroatoms. The molecular formula is C13H25N3O2. The van der Waals surface area contributed by atoms with Crippen molar-refractivity contribution in [2.45, 2.75) is 25.3 Å². The zero-order valence-corrected chi connectivity index (χ0v) is 11.3.